The molecule has 0 spiro atoms. The lowest BCUT2D eigenvalue weighted by Crippen LogP contribution is -2.58. The van der Waals surface area contributed by atoms with Crippen LogP contribution < -0.4 is 10.6 Å². The van der Waals surface area contributed by atoms with E-state index >= 15 is 0 Å². The summed E-state index contributed by atoms with van der Waals surface area (Å²) >= 11 is 0. The molecular formula is C23H36N2O5. The van der Waals surface area contributed by atoms with Gasteiger partial charge in [-0.3, -0.25) is 0 Å². The first kappa shape index (κ1) is 24.0. The number of carbonyl (C=O) groups is 2. The largest absolute Gasteiger partial charge is 0.444 e. The van der Waals surface area contributed by atoms with E-state index in [0.717, 1.165) is 11.1 Å². The van der Waals surface area contributed by atoms with Gasteiger partial charge in [0.15, 0.2) is 0 Å². The molecule has 3 atom stereocenters. The molecule has 0 bridgehead atoms. The molecule has 168 valence electrons. The van der Waals surface area contributed by atoms with Crippen molar-refractivity contribution in [1.29, 1.82) is 0 Å². The van der Waals surface area contributed by atoms with E-state index in [1.165, 1.54) is 0 Å². The minimum absolute atomic E-state index is 0.246. The molecule has 30 heavy (non-hydrogen) atoms. The third kappa shape index (κ3) is 7.20. The molecule has 2 amide bonds. The Kier molecular flexibility index (Phi) is 7.07. The SMILES string of the molecule is Cc1cccc([C@]2(O)CC[C@@H](NC(=O)OC(C)(C)C)[C@H](NC(=O)OC(C)(C)C)C2)c1. The molecule has 0 saturated heterocycles. The average molecular weight is 421 g/mol. The van der Waals surface area contributed by atoms with E-state index in [1.54, 1.807) is 41.5 Å². The molecule has 0 aliphatic heterocycles. The van der Waals surface area contributed by atoms with Crippen molar-refractivity contribution in [2.24, 2.45) is 0 Å². The van der Waals surface area contributed by atoms with Crippen LogP contribution in [-0.4, -0.2) is 40.6 Å². The van der Waals surface area contributed by atoms with Crippen LogP contribution in [0.5, 0.6) is 0 Å². The molecule has 0 aromatic heterocycles. The predicted octanol–water partition coefficient (Wildman–Crippen LogP) is 4.15. The number of nitrogens with one attached hydrogen (secondary N) is 2. The first-order valence-electron chi connectivity index (χ1n) is 10.5. The molecule has 3 N–H and O–H groups in total. The molecular weight excluding hydrogens is 384 g/mol. The number of benzene rings is 1. The monoisotopic (exact) mass is 420 g/mol. The minimum Gasteiger partial charge on any atom is -0.444 e. The van der Waals surface area contributed by atoms with Gasteiger partial charge in [0.2, 0.25) is 0 Å². The summed E-state index contributed by atoms with van der Waals surface area (Å²) in [5.41, 5.74) is -0.548. The van der Waals surface area contributed by atoms with Gasteiger partial charge in [0, 0.05) is 6.42 Å². The van der Waals surface area contributed by atoms with Crippen LogP contribution in [0.15, 0.2) is 24.3 Å². The Morgan fingerprint density at radius 1 is 1.00 bits per heavy atom. The number of rotatable bonds is 3. The summed E-state index contributed by atoms with van der Waals surface area (Å²) in [6.45, 7) is 12.7. The smallest absolute Gasteiger partial charge is 0.407 e. The quantitative estimate of drug-likeness (QED) is 0.682. The second-order valence-electron chi connectivity index (χ2n) is 10.1. The Labute approximate surface area is 179 Å². The summed E-state index contributed by atoms with van der Waals surface area (Å²) in [4.78, 5) is 24.8. The van der Waals surface area contributed by atoms with E-state index in [1.807, 2.05) is 31.2 Å². The van der Waals surface area contributed by atoms with Gasteiger partial charge in [0.25, 0.3) is 0 Å². The standard InChI is InChI=1S/C23H36N2O5/c1-15-9-8-10-16(13-15)23(28)12-11-17(24-19(26)29-21(2,3)4)18(14-23)25-20(27)30-22(5,6)7/h8-10,13,17-18,28H,11-12,14H2,1-7H3,(H,24,26)(H,25,27)/t17-,18-,23+/m1/s1. The van der Waals surface area contributed by atoms with Gasteiger partial charge in [-0.1, -0.05) is 29.8 Å². The van der Waals surface area contributed by atoms with E-state index in [9.17, 15) is 14.7 Å². The fraction of sp³-hybridized carbons (Fsp3) is 0.652. The fourth-order valence-electron chi connectivity index (χ4n) is 3.64. The van der Waals surface area contributed by atoms with Crippen LogP contribution in [0, 0.1) is 6.92 Å². The zero-order valence-electron chi connectivity index (χ0n) is 19.2. The highest BCUT2D eigenvalue weighted by Gasteiger charge is 2.42. The number of carbonyl (C=O) groups excluding carboxylic acids is 2. The van der Waals surface area contributed by atoms with Crippen molar-refractivity contribution >= 4 is 12.2 Å². The third-order valence-corrected chi connectivity index (χ3v) is 4.87. The van der Waals surface area contributed by atoms with Crippen molar-refractivity contribution in [3.8, 4) is 0 Å². The number of aryl methyl sites for hydroxylation is 1. The van der Waals surface area contributed by atoms with Gasteiger partial charge >= 0.3 is 12.2 Å². The van der Waals surface area contributed by atoms with Gasteiger partial charge in [-0.2, -0.15) is 0 Å². The molecule has 0 radical (unpaired) electrons. The highest BCUT2D eigenvalue weighted by molar-refractivity contribution is 5.70. The first-order chi connectivity index (χ1) is 13.7. The van der Waals surface area contributed by atoms with Gasteiger partial charge in [0.05, 0.1) is 17.7 Å². The summed E-state index contributed by atoms with van der Waals surface area (Å²) in [5, 5.41) is 17.1. The van der Waals surface area contributed by atoms with E-state index < -0.39 is 41.1 Å². The van der Waals surface area contributed by atoms with Crippen LogP contribution in [0.1, 0.15) is 71.9 Å². The van der Waals surface area contributed by atoms with Crippen molar-refractivity contribution in [2.45, 2.75) is 96.6 Å². The number of aliphatic hydroxyl groups is 1. The second-order valence-corrected chi connectivity index (χ2v) is 10.1. The highest BCUT2D eigenvalue weighted by atomic mass is 16.6. The molecule has 1 saturated carbocycles. The Balaban J connectivity index is 2.21. The van der Waals surface area contributed by atoms with Crippen LogP contribution in [0.4, 0.5) is 9.59 Å². The predicted molar refractivity (Wildman–Crippen MR) is 115 cm³/mol. The Bertz CT molecular complexity index is 766. The lowest BCUT2D eigenvalue weighted by atomic mass is 9.75. The van der Waals surface area contributed by atoms with Gasteiger partial charge < -0.3 is 25.2 Å². The van der Waals surface area contributed by atoms with Crippen molar-refractivity contribution < 1.29 is 24.2 Å². The lowest BCUT2D eigenvalue weighted by molar-refractivity contribution is -0.0259. The van der Waals surface area contributed by atoms with Crippen LogP contribution in [0.3, 0.4) is 0 Å². The molecule has 2 rings (SSSR count). The zero-order chi connectivity index (χ0) is 22.7. The fourth-order valence-corrected chi connectivity index (χ4v) is 3.64. The number of hydrogen-bond donors (Lipinski definition) is 3. The maximum absolute atomic E-state index is 12.4. The topological polar surface area (TPSA) is 96.9 Å². The molecule has 0 heterocycles. The van der Waals surface area contributed by atoms with Crippen molar-refractivity contribution in [3.05, 3.63) is 35.4 Å². The molecule has 7 heteroatoms. The van der Waals surface area contributed by atoms with E-state index in [0.29, 0.717) is 12.8 Å². The summed E-state index contributed by atoms with van der Waals surface area (Å²) in [6, 6.07) is 6.80. The second kappa shape index (κ2) is 8.84. The lowest BCUT2D eigenvalue weighted by Gasteiger charge is -2.42. The highest BCUT2D eigenvalue weighted by Crippen LogP contribution is 2.38. The van der Waals surface area contributed by atoms with Gasteiger partial charge in [-0.05, 0) is 66.9 Å². The Hall–Kier alpha value is -2.28. The van der Waals surface area contributed by atoms with E-state index in [2.05, 4.69) is 10.6 Å². The van der Waals surface area contributed by atoms with E-state index in [4.69, 9.17) is 9.47 Å². The van der Waals surface area contributed by atoms with Crippen LogP contribution in [-0.2, 0) is 15.1 Å². The molecule has 1 aromatic rings. The van der Waals surface area contributed by atoms with Crippen molar-refractivity contribution in [1.82, 2.24) is 10.6 Å². The summed E-state index contributed by atoms with van der Waals surface area (Å²) in [6.07, 6.45) is 0.0328. The van der Waals surface area contributed by atoms with Crippen LogP contribution >= 0.6 is 0 Å². The normalized spacial score (nSPS) is 24.7. The Morgan fingerprint density at radius 2 is 1.53 bits per heavy atom. The minimum atomic E-state index is -1.11. The number of hydrogen-bond acceptors (Lipinski definition) is 5. The van der Waals surface area contributed by atoms with Crippen LogP contribution in [0.25, 0.3) is 0 Å². The molecule has 7 nitrogen and oxygen atoms in total. The maximum atomic E-state index is 12.4. The van der Waals surface area contributed by atoms with E-state index in [-0.39, 0.29) is 6.42 Å². The van der Waals surface area contributed by atoms with Gasteiger partial charge in [0.1, 0.15) is 11.2 Å². The summed E-state index contributed by atoms with van der Waals surface area (Å²) in [5.74, 6) is 0. The van der Waals surface area contributed by atoms with Gasteiger partial charge in [-0.25, -0.2) is 9.59 Å². The average Bonchev–Trinajstić information content (AvgIpc) is 2.54. The number of ether oxygens (including phenoxy) is 2. The zero-order valence-corrected chi connectivity index (χ0v) is 19.2. The summed E-state index contributed by atoms with van der Waals surface area (Å²) in [7, 11) is 0. The molecule has 1 aliphatic carbocycles. The molecule has 1 fully saturated rings. The Morgan fingerprint density at radius 3 is 2.03 bits per heavy atom. The molecule has 1 aromatic carbocycles. The maximum Gasteiger partial charge on any atom is 0.407 e. The summed E-state index contributed by atoms with van der Waals surface area (Å²) < 4.78 is 10.8. The molecule has 1 aliphatic rings. The number of amides is 2. The van der Waals surface area contributed by atoms with Crippen molar-refractivity contribution in [2.75, 3.05) is 0 Å². The third-order valence-electron chi connectivity index (χ3n) is 4.87. The van der Waals surface area contributed by atoms with Crippen molar-refractivity contribution in [3.63, 3.8) is 0 Å². The number of alkyl carbamates (subject to hydrolysis) is 2. The van der Waals surface area contributed by atoms with Gasteiger partial charge in [-0.15, -0.1) is 0 Å². The first-order valence-corrected chi connectivity index (χ1v) is 10.5. The molecule has 0 unspecified atom stereocenters. The van der Waals surface area contributed by atoms with Crippen LogP contribution in [0.2, 0.25) is 0 Å².